The topological polar surface area (TPSA) is 49.3 Å². The third-order valence-electron chi connectivity index (χ3n) is 3.38. The van der Waals surface area contributed by atoms with Crippen LogP contribution in [0.4, 0.5) is 0 Å². The summed E-state index contributed by atoms with van der Waals surface area (Å²) >= 11 is 1.61. The number of aromatic hydroxyl groups is 1. The highest BCUT2D eigenvalue weighted by molar-refractivity contribution is 8.01. The molecule has 3 rings (SSSR count). The summed E-state index contributed by atoms with van der Waals surface area (Å²) in [6.45, 7) is 0.360. The Kier molecular flexibility index (Phi) is 3.65. The molecule has 2 aromatic carbocycles. The summed E-state index contributed by atoms with van der Waals surface area (Å²) in [6, 6.07) is 15.2. The van der Waals surface area contributed by atoms with Gasteiger partial charge in [-0.2, -0.15) is 0 Å². The molecule has 0 radical (unpaired) electrons. The molecule has 0 fully saturated rings. The molecule has 1 unspecified atom stereocenters. The molecule has 3 nitrogen and oxygen atoms in total. The molecular weight excluding hydrogens is 270 g/mol. The van der Waals surface area contributed by atoms with Crippen molar-refractivity contribution in [2.45, 2.75) is 23.1 Å². The fourth-order valence-corrected chi connectivity index (χ4v) is 3.50. The normalized spacial score (nSPS) is 16.7. The SMILES string of the molecule is O=C(NCc1ccccc1O)C1Cc2ccccc2S1. The van der Waals surface area contributed by atoms with Gasteiger partial charge in [0.15, 0.2) is 0 Å². The number of nitrogens with one attached hydrogen (secondary N) is 1. The summed E-state index contributed by atoms with van der Waals surface area (Å²) in [4.78, 5) is 13.4. The average molecular weight is 285 g/mol. The molecule has 1 aliphatic rings. The highest BCUT2D eigenvalue weighted by Gasteiger charge is 2.27. The largest absolute Gasteiger partial charge is 0.508 e. The van der Waals surface area contributed by atoms with Crippen molar-refractivity contribution in [3.63, 3.8) is 0 Å². The van der Waals surface area contributed by atoms with Gasteiger partial charge in [-0.15, -0.1) is 11.8 Å². The molecule has 0 aromatic heterocycles. The summed E-state index contributed by atoms with van der Waals surface area (Å²) < 4.78 is 0. The van der Waals surface area contributed by atoms with Crippen molar-refractivity contribution in [1.29, 1.82) is 0 Å². The van der Waals surface area contributed by atoms with Crippen LogP contribution < -0.4 is 5.32 Å². The maximum Gasteiger partial charge on any atom is 0.234 e. The van der Waals surface area contributed by atoms with E-state index >= 15 is 0 Å². The molecule has 4 heteroatoms. The van der Waals surface area contributed by atoms with Crippen LogP contribution in [-0.2, 0) is 17.8 Å². The van der Waals surface area contributed by atoms with Crippen molar-refractivity contribution in [1.82, 2.24) is 5.32 Å². The van der Waals surface area contributed by atoms with Crippen molar-refractivity contribution in [3.05, 3.63) is 59.7 Å². The maximum absolute atomic E-state index is 12.2. The first-order valence-electron chi connectivity index (χ1n) is 6.53. The fraction of sp³-hybridized carbons (Fsp3) is 0.188. The van der Waals surface area contributed by atoms with Crippen LogP contribution in [0, 0.1) is 0 Å². The molecule has 20 heavy (non-hydrogen) atoms. The second-order valence-electron chi connectivity index (χ2n) is 4.76. The molecule has 1 amide bonds. The minimum absolute atomic E-state index is 0.0226. The van der Waals surface area contributed by atoms with Gasteiger partial charge in [-0.3, -0.25) is 4.79 Å². The number of hydrogen-bond acceptors (Lipinski definition) is 3. The maximum atomic E-state index is 12.2. The predicted molar refractivity (Wildman–Crippen MR) is 79.7 cm³/mol. The number of para-hydroxylation sites is 1. The van der Waals surface area contributed by atoms with E-state index in [1.807, 2.05) is 24.3 Å². The van der Waals surface area contributed by atoms with Crippen LogP contribution >= 0.6 is 11.8 Å². The quantitative estimate of drug-likeness (QED) is 0.911. The third-order valence-corrected chi connectivity index (χ3v) is 4.70. The zero-order chi connectivity index (χ0) is 13.9. The van der Waals surface area contributed by atoms with Crippen molar-refractivity contribution in [2.24, 2.45) is 0 Å². The van der Waals surface area contributed by atoms with Crippen LogP contribution in [0.1, 0.15) is 11.1 Å². The van der Waals surface area contributed by atoms with E-state index in [0.717, 1.165) is 12.0 Å². The van der Waals surface area contributed by atoms with E-state index in [-0.39, 0.29) is 16.9 Å². The van der Waals surface area contributed by atoms with Crippen LogP contribution in [0.5, 0.6) is 5.75 Å². The van der Waals surface area contributed by atoms with Gasteiger partial charge in [0.25, 0.3) is 0 Å². The van der Waals surface area contributed by atoms with E-state index in [4.69, 9.17) is 0 Å². The summed E-state index contributed by atoms with van der Waals surface area (Å²) in [6.07, 6.45) is 0.771. The first-order chi connectivity index (χ1) is 9.74. The van der Waals surface area contributed by atoms with Crippen LogP contribution in [0.2, 0.25) is 0 Å². The molecule has 102 valence electrons. The minimum Gasteiger partial charge on any atom is -0.508 e. The fourth-order valence-electron chi connectivity index (χ4n) is 2.28. The molecule has 2 aromatic rings. The zero-order valence-electron chi connectivity index (χ0n) is 10.9. The highest BCUT2D eigenvalue weighted by atomic mass is 32.2. The van der Waals surface area contributed by atoms with E-state index in [1.54, 1.807) is 23.9 Å². The standard InChI is InChI=1S/C16H15NO2S/c18-13-7-3-1-6-12(13)10-17-16(19)15-9-11-5-2-4-8-14(11)20-15/h1-8,15,18H,9-10H2,(H,17,19). The number of hydrogen-bond donors (Lipinski definition) is 2. The number of carbonyl (C=O) groups excluding carboxylic acids is 1. The summed E-state index contributed by atoms with van der Waals surface area (Å²) in [5.74, 6) is 0.240. The lowest BCUT2D eigenvalue weighted by atomic mass is 10.1. The summed E-state index contributed by atoms with van der Waals surface area (Å²) in [5, 5.41) is 12.5. The van der Waals surface area contributed by atoms with Gasteiger partial charge in [0.2, 0.25) is 5.91 Å². The Morgan fingerprint density at radius 2 is 1.95 bits per heavy atom. The van der Waals surface area contributed by atoms with E-state index in [9.17, 15) is 9.90 Å². The van der Waals surface area contributed by atoms with Crippen molar-refractivity contribution in [2.75, 3.05) is 0 Å². The zero-order valence-corrected chi connectivity index (χ0v) is 11.7. The second-order valence-corrected chi connectivity index (χ2v) is 6.01. The lowest BCUT2D eigenvalue weighted by Gasteiger charge is -2.10. The Hall–Kier alpha value is -1.94. The van der Waals surface area contributed by atoms with Crippen LogP contribution in [0.15, 0.2) is 53.4 Å². The molecule has 0 bridgehead atoms. The number of fused-ring (bicyclic) bond motifs is 1. The molecule has 0 saturated heterocycles. The first-order valence-corrected chi connectivity index (χ1v) is 7.41. The van der Waals surface area contributed by atoms with Gasteiger partial charge < -0.3 is 10.4 Å². The van der Waals surface area contributed by atoms with E-state index in [1.165, 1.54) is 10.5 Å². The molecule has 0 spiro atoms. The average Bonchev–Trinajstić information content (AvgIpc) is 2.90. The van der Waals surface area contributed by atoms with Gasteiger partial charge in [0.05, 0.1) is 5.25 Å². The lowest BCUT2D eigenvalue weighted by molar-refractivity contribution is -0.120. The van der Waals surface area contributed by atoms with Crippen molar-refractivity contribution >= 4 is 17.7 Å². The van der Waals surface area contributed by atoms with Gasteiger partial charge >= 0.3 is 0 Å². The Morgan fingerprint density at radius 1 is 1.20 bits per heavy atom. The number of carbonyl (C=O) groups is 1. The molecule has 0 saturated carbocycles. The lowest BCUT2D eigenvalue weighted by Crippen LogP contribution is -2.31. The smallest absolute Gasteiger partial charge is 0.234 e. The summed E-state index contributed by atoms with van der Waals surface area (Å²) in [7, 11) is 0. The van der Waals surface area contributed by atoms with Crippen molar-refractivity contribution in [3.8, 4) is 5.75 Å². The molecular formula is C16H15NO2S. The van der Waals surface area contributed by atoms with E-state index in [0.29, 0.717) is 6.54 Å². The minimum atomic E-state index is -0.0711. The van der Waals surface area contributed by atoms with Gasteiger partial charge in [-0.1, -0.05) is 36.4 Å². The van der Waals surface area contributed by atoms with Gasteiger partial charge in [-0.25, -0.2) is 0 Å². The second kappa shape index (κ2) is 5.59. The van der Waals surface area contributed by atoms with Gasteiger partial charge in [0, 0.05) is 17.0 Å². The predicted octanol–water partition coefficient (Wildman–Crippen LogP) is 2.73. The highest BCUT2D eigenvalue weighted by Crippen LogP contribution is 2.36. The number of phenols is 1. The Bertz CT molecular complexity index is 617. The molecule has 1 aliphatic heterocycles. The Morgan fingerprint density at radius 3 is 2.75 bits per heavy atom. The van der Waals surface area contributed by atoms with E-state index in [2.05, 4.69) is 17.4 Å². The Balaban J connectivity index is 1.61. The van der Waals surface area contributed by atoms with Crippen LogP contribution in [-0.4, -0.2) is 16.3 Å². The first kappa shape index (κ1) is 13.1. The Labute approximate surface area is 122 Å². The number of thioether (sulfide) groups is 1. The van der Waals surface area contributed by atoms with Crippen LogP contribution in [0.3, 0.4) is 0 Å². The van der Waals surface area contributed by atoms with Gasteiger partial charge in [-0.05, 0) is 24.1 Å². The van der Waals surface area contributed by atoms with E-state index < -0.39 is 0 Å². The number of amides is 1. The number of benzene rings is 2. The molecule has 0 aliphatic carbocycles. The van der Waals surface area contributed by atoms with Gasteiger partial charge in [0.1, 0.15) is 5.75 Å². The monoisotopic (exact) mass is 285 g/mol. The third kappa shape index (κ3) is 2.65. The molecule has 1 heterocycles. The van der Waals surface area contributed by atoms with Crippen LogP contribution in [0.25, 0.3) is 0 Å². The van der Waals surface area contributed by atoms with Crippen molar-refractivity contribution < 1.29 is 9.90 Å². The molecule has 2 N–H and O–H groups in total. The molecule has 1 atom stereocenters. The number of rotatable bonds is 3. The number of phenolic OH excluding ortho intramolecular Hbond substituents is 1. The summed E-state index contributed by atoms with van der Waals surface area (Å²) in [5.41, 5.74) is 1.97.